The summed E-state index contributed by atoms with van der Waals surface area (Å²) in [6.45, 7) is 2.06. The van der Waals surface area contributed by atoms with Gasteiger partial charge in [0.1, 0.15) is 5.69 Å². The predicted octanol–water partition coefficient (Wildman–Crippen LogP) is 4.44. The second-order valence-corrected chi connectivity index (χ2v) is 6.19. The van der Waals surface area contributed by atoms with Gasteiger partial charge in [-0.3, -0.25) is 4.98 Å². The summed E-state index contributed by atoms with van der Waals surface area (Å²) >= 11 is 0. The second-order valence-electron chi connectivity index (χ2n) is 6.19. The molecule has 2 aromatic heterocycles. The number of nitrogens with zero attached hydrogens (tertiary/aromatic N) is 2. The van der Waals surface area contributed by atoms with Gasteiger partial charge in [0.2, 0.25) is 0 Å². The van der Waals surface area contributed by atoms with E-state index in [4.69, 9.17) is 10.3 Å². The van der Waals surface area contributed by atoms with Crippen molar-refractivity contribution in [2.45, 2.75) is 19.4 Å². The molecule has 0 amide bonds. The molecule has 0 saturated heterocycles. The van der Waals surface area contributed by atoms with E-state index in [1.807, 2.05) is 54.7 Å². The summed E-state index contributed by atoms with van der Waals surface area (Å²) < 4.78 is 5.47. The van der Waals surface area contributed by atoms with E-state index in [-0.39, 0.29) is 6.04 Å². The van der Waals surface area contributed by atoms with Crippen LogP contribution in [-0.4, -0.2) is 10.1 Å². The van der Waals surface area contributed by atoms with E-state index >= 15 is 0 Å². The first-order valence-corrected chi connectivity index (χ1v) is 8.34. The molecule has 0 aliphatic carbocycles. The Labute approximate surface area is 146 Å². The minimum Gasteiger partial charge on any atom is -0.356 e. The molecule has 0 aliphatic rings. The lowest BCUT2D eigenvalue weighted by atomic mass is 9.93. The van der Waals surface area contributed by atoms with Crippen LogP contribution in [0.3, 0.4) is 0 Å². The van der Waals surface area contributed by atoms with Crippen molar-refractivity contribution < 1.29 is 4.52 Å². The lowest BCUT2D eigenvalue weighted by Crippen LogP contribution is -2.16. The SMILES string of the molecule is Cc1cccnc1C[C@H](N)c1ccccc1-c1noc2ccccc12. The molecule has 0 aliphatic heterocycles. The fourth-order valence-corrected chi connectivity index (χ4v) is 3.17. The zero-order chi connectivity index (χ0) is 17.2. The monoisotopic (exact) mass is 329 g/mol. The van der Waals surface area contributed by atoms with Crippen LogP contribution < -0.4 is 5.73 Å². The highest BCUT2D eigenvalue weighted by Gasteiger charge is 2.18. The maximum absolute atomic E-state index is 6.55. The van der Waals surface area contributed by atoms with Gasteiger partial charge in [0.05, 0.1) is 0 Å². The minimum absolute atomic E-state index is 0.166. The topological polar surface area (TPSA) is 64.9 Å². The number of hydrogen-bond donors (Lipinski definition) is 1. The normalized spacial score (nSPS) is 12.4. The van der Waals surface area contributed by atoms with E-state index < -0.39 is 0 Å². The molecule has 0 fully saturated rings. The Balaban J connectivity index is 1.75. The van der Waals surface area contributed by atoms with E-state index in [1.165, 1.54) is 0 Å². The first-order valence-electron chi connectivity index (χ1n) is 8.34. The molecule has 4 rings (SSSR count). The highest BCUT2D eigenvalue weighted by atomic mass is 16.5. The Morgan fingerprint density at radius 3 is 2.68 bits per heavy atom. The van der Waals surface area contributed by atoms with Gasteiger partial charge < -0.3 is 10.3 Å². The zero-order valence-corrected chi connectivity index (χ0v) is 14.0. The van der Waals surface area contributed by atoms with Crippen LogP contribution in [0.2, 0.25) is 0 Å². The summed E-state index contributed by atoms with van der Waals surface area (Å²) in [5.74, 6) is 0. The number of rotatable bonds is 4. The molecule has 4 nitrogen and oxygen atoms in total. The number of para-hydroxylation sites is 1. The molecule has 0 bridgehead atoms. The third-order valence-corrected chi connectivity index (χ3v) is 4.52. The van der Waals surface area contributed by atoms with Crippen molar-refractivity contribution in [1.29, 1.82) is 0 Å². The van der Waals surface area contributed by atoms with E-state index in [0.29, 0.717) is 6.42 Å². The van der Waals surface area contributed by atoms with Crippen LogP contribution in [0.15, 0.2) is 71.4 Å². The summed E-state index contributed by atoms with van der Waals surface area (Å²) in [5, 5.41) is 5.28. The maximum atomic E-state index is 6.55. The van der Waals surface area contributed by atoms with Gasteiger partial charge in [0.15, 0.2) is 5.58 Å². The summed E-state index contributed by atoms with van der Waals surface area (Å²) in [5.41, 5.74) is 12.4. The van der Waals surface area contributed by atoms with Gasteiger partial charge in [-0.05, 0) is 36.2 Å². The average Bonchev–Trinajstić information content (AvgIpc) is 3.07. The van der Waals surface area contributed by atoms with Gasteiger partial charge >= 0.3 is 0 Å². The van der Waals surface area contributed by atoms with Gasteiger partial charge in [0.25, 0.3) is 0 Å². The van der Waals surface area contributed by atoms with E-state index in [9.17, 15) is 0 Å². The summed E-state index contributed by atoms with van der Waals surface area (Å²) in [7, 11) is 0. The molecule has 4 aromatic rings. The molecule has 0 radical (unpaired) electrons. The number of aryl methyl sites for hydroxylation is 1. The number of benzene rings is 2. The van der Waals surface area contributed by atoms with Crippen molar-refractivity contribution in [2.75, 3.05) is 0 Å². The molecule has 25 heavy (non-hydrogen) atoms. The van der Waals surface area contributed by atoms with Crippen LogP contribution in [0, 0.1) is 6.92 Å². The van der Waals surface area contributed by atoms with Gasteiger partial charge in [-0.25, -0.2) is 0 Å². The van der Waals surface area contributed by atoms with Crippen LogP contribution in [0.25, 0.3) is 22.2 Å². The molecule has 0 saturated carbocycles. The standard InChI is InChI=1S/C21H19N3O/c1-14-7-6-12-23-19(14)13-18(22)15-8-2-3-9-16(15)21-17-10-4-5-11-20(17)25-24-21/h2-12,18H,13,22H2,1H3/t18-/m0/s1. The number of pyridine rings is 1. The van der Waals surface area contributed by atoms with Crippen LogP contribution >= 0.6 is 0 Å². The van der Waals surface area contributed by atoms with Crippen molar-refractivity contribution in [3.8, 4) is 11.3 Å². The molecule has 4 heteroatoms. The van der Waals surface area contributed by atoms with Gasteiger partial charge in [-0.2, -0.15) is 0 Å². The lowest BCUT2D eigenvalue weighted by Gasteiger charge is -2.16. The van der Waals surface area contributed by atoms with Crippen molar-refractivity contribution in [1.82, 2.24) is 10.1 Å². The molecule has 2 heterocycles. The molecule has 2 N–H and O–H groups in total. The number of hydrogen-bond acceptors (Lipinski definition) is 4. The third-order valence-electron chi connectivity index (χ3n) is 4.52. The number of fused-ring (bicyclic) bond motifs is 1. The largest absolute Gasteiger partial charge is 0.356 e. The van der Waals surface area contributed by atoms with Crippen molar-refractivity contribution >= 4 is 11.0 Å². The lowest BCUT2D eigenvalue weighted by molar-refractivity contribution is 0.459. The molecule has 0 unspecified atom stereocenters. The number of aromatic nitrogens is 2. The maximum Gasteiger partial charge on any atom is 0.167 e. The smallest absolute Gasteiger partial charge is 0.167 e. The fraction of sp³-hybridized carbons (Fsp3) is 0.143. The van der Waals surface area contributed by atoms with Crippen molar-refractivity contribution in [3.63, 3.8) is 0 Å². The van der Waals surface area contributed by atoms with Crippen LogP contribution in [0.5, 0.6) is 0 Å². The predicted molar refractivity (Wildman–Crippen MR) is 99.1 cm³/mol. The highest BCUT2D eigenvalue weighted by molar-refractivity contribution is 5.92. The van der Waals surface area contributed by atoms with Gasteiger partial charge in [0, 0.05) is 35.3 Å². The Hall–Kier alpha value is -2.98. The summed E-state index contributed by atoms with van der Waals surface area (Å²) in [4.78, 5) is 4.47. The minimum atomic E-state index is -0.166. The van der Waals surface area contributed by atoms with E-state index in [2.05, 4.69) is 29.2 Å². The Bertz CT molecular complexity index is 1020. The first-order chi connectivity index (χ1) is 12.2. The Morgan fingerprint density at radius 2 is 1.80 bits per heavy atom. The highest BCUT2D eigenvalue weighted by Crippen LogP contribution is 2.33. The van der Waals surface area contributed by atoms with Crippen molar-refractivity contribution in [2.24, 2.45) is 5.73 Å². The molecule has 1 atom stereocenters. The molecule has 124 valence electrons. The van der Waals surface area contributed by atoms with Crippen LogP contribution in [-0.2, 0) is 6.42 Å². The van der Waals surface area contributed by atoms with Crippen molar-refractivity contribution in [3.05, 3.63) is 83.7 Å². The fourth-order valence-electron chi connectivity index (χ4n) is 3.17. The first kappa shape index (κ1) is 15.5. The van der Waals surface area contributed by atoms with E-state index in [0.717, 1.165) is 39.0 Å². The number of nitrogens with two attached hydrogens (primary N) is 1. The van der Waals surface area contributed by atoms with E-state index in [1.54, 1.807) is 0 Å². The van der Waals surface area contributed by atoms with Crippen LogP contribution in [0.4, 0.5) is 0 Å². The van der Waals surface area contributed by atoms with Crippen LogP contribution in [0.1, 0.15) is 22.9 Å². The molecule has 0 spiro atoms. The Kier molecular flexibility index (Phi) is 4.04. The third kappa shape index (κ3) is 2.92. The zero-order valence-electron chi connectivity index (χ0n) is 14.0. The average molecular weight is 329 g/mol. The molecular formula is C21H19N3O. The second kappa shape index (κ2) is 6.49. The van der Waals surface area contributed by atoms with Gasteiger partial charge in [-0.1, -0.05) is 47.6 Å². The summed E-state index contributed by atoms with van der Waals surface area (Å²) in [6, 6.07) is 19.8. The molecule has 2 aromatic carbocycles. The quantitative estimate of drug-likeness (QED) is 0.601. The summed E-state index contributed by atoms with van der Waals surface area (Å²) in [6.07, 6.45) is 2.49. The van der Waals surface area contributed by atoms with Gasteiger partial charge in [-0.15, -0.1) is 0 Å². The Morgan fingerprint density at radius 1 is 1.00 bits per heavy atom. The molecular weight excluding hydrogens is 310 g/mol.